The molecule has 1 N–H and O–H groups in total. The fourth-order valence-electron chi connectivity index (χ4n) is 2.22. The van der Waals surface area contributed by atoms with Gasteiger partial charge < -0.3 is 0 Å². The van der Waals surface area contributed by atoms with Crippen molar-refractivity contribution in [2.45, 2.75) is 11.8 Å². The van der Waals surface area contributed by atoms with Crippen LogP contribution in [0, 0.1) is 6.92 Å². The Morgan fingerprint density at radius 1 is 1.35 bits per heavy atom. The Hall–Kier alpha value is -2.26. The van der Waals surface area contributed by atoms with Gasteiger partial charge in [0.25, 0.3) is 5.91 Å². The van der Waals surface area contributed by atoms with E-state index in [-0.39, 0.29) is 10.8 Å². The first-order chi connectivity index (χ1) is 10.8. The summed E-state index contributed by atoms with van der Waals surface area (Å²) in [6.07, 6.45) is 2.77. The molecule has 3 rings (SSSR count). The molecular formula is C14H14N4O3S2. The van der Waals surface area contributed by atoms with Crippen LogP contribution in [-0.2, 0) is 16.9 Å². The maximum Gasteiger partial charge on any atom is 0.275 e. The molecule has 0 aliphatic carbocycles. The van der Waals surface area contributed by atoms with Gasteiger partial charge in [0.05, 0.1) is 21.3 Å². The summed E-state index contributed by atoms with van der Waals surface area (Å²) < 4.78 is 25.4. The van der Waals surface area contributed by atoms with E-state index < -0.39 is 9.84 Å². The Kier molecular flexibility index (Phi) is 3.69. The van der Waals surface area contributed by atoms with Gasteiger partial charge in [-0.1, -0.05) is 11.3 Å². The number of rotatable bonds is 3. The molecule has 0 aliphatic heterocycles. The number of fused-ring (bicyclic) bond motifs is 1. The molecule has 120 valence electrons. The van der Waals surface area contributed by atoms with Gasteiger partial charge in [-0.15, -0.1) is 0 Å². The van der Waals surface area contributed by atoms with Crippen molar-refractivity contribution in [1.29, 1.82) is 0 Å². The van der Waals surface area contributed by atoms with E-state index >= 15 is 0 Å². The quantitative estimate of drug-likeness (QED) is 0.780. The molecular weight excluding hydrogens is 336 g/mol. The number of nitrogens with one attached hydrogen (secondary N) is 1. The van der Waals surface area contributed by atoms with Crippen LogP contribution in [0.25, 0.3) is 10.2 Å². The lowest BCUT2D eigenvalue weighted by atomic mass is 10.2. The molecule has 0 spiro atoms. The average Bonchev–Trinajstić information content (AvgIpc) is 2.99. The van der Waals surface area contributed by atoms with Gasteiger partial charge >= 0.3 is 0 Å². The molecule has 0 unspecified atom stereocenters. The van der Waals surface area contributed by atoms with E-state index in [0.717, 1.165) is 11.8 Å². The Morgan fingerprint density at radius 3 is 2.70 bits per heavy atom. The second kappa shape index (κ2) is 5.43. The molecule has 0 saturated heterocycles. The number of thiazole rings is 1. The number of amides is 1. The molecule has 0 saturated carbocycles. The summed E-state index contributed by atoms with van der Waals surface area (Å²) in [6, 6.07) is 4.70. The van der Waals surface area contributed by atoms with Gasteiger partial charge in [-0.2, -0.15) is 5.10 Å². The van der Waals surface area contributed by atoms with Gasteiger partial charge in [-0.25, -0.2) is 13.4 Å². The fourth-order valence-corrected chi connectivity index (χ4v) is 3.84. The Balaban J connectivity index is 1.94. The number of sulfone groups is 1. The molecule has 1 aromatic carbocycles. The van der Waals surface area contributed by atoms with E-state index in [9.17, 15) is 13.2 Å². The average molecular weight is 350 g/mol. The molecule has 1 amide bonds. The molecule has 0 aliphatic rings. The van der Waals surface area contributed by atoms with Crippen molar-refractivity contribution in [3.8, 4) is 0 Å². The van der Waals surface area contributed by atoms with Gasteiger partial charge in [0.1, 0.15) is 5.69 Å². The molecule has 0 radical (unpaired) electrons. The monoisotopic (exact) mass is 350 g/mol. The van der Waals surface area contributed by atoms with Crippen molar-refractivity contribution in [3.05, 3.63) is 35.7 Å². The molecule has 0 bridgehead atoms. The van der Waals surface area contributed by atoms with E-state index in [1.807, 2.05) is 0 Å². The first-order valence-corrected chi connectivity index (χ1v) is 9.37. The van der Waals surface area contributed by atoms with Gasteiger partial charge in [-0.05, 0) is 30.7 Å². The van der Waals surface area contributed by atoms with E-state index in [2.05, 4.69) is 15.4 Å². The normalized spacial score (nSPS) is 11.8. The number of carbonyl (C=O) groups excluding carboxylic acids is 1. The number of aromatic nitrogens is 3. The minimum atomic E-state index is -3.27. The Morgan fingerprint density at radius 2 is 2.09 bits per heavy atom. The summed E-state index contributed by atoms with van der Waals surface area (Å²) in [5.74, 6) is -0.301. The molecule has 0 atom stereocenters. The van der Waals surface area contributed by atoms with Crippen molar-refractivity contribution in [3.63, 3.8) is 0 Å². The highest BCUT2D eigenvalue weighted by Crippen LogP contribution is 2.28. The number of nitrogens with zero attached hydrogens (tertiary/aromatic N) is 3. The molecule has 2 aromatic heterocycles. The van der Waals surface area contributed by atoms with Crippen molar-refractivity contribution in [1.82, 2.24) is 14.8 Å². The van der Waals surface area contributed by atoms with E-state index in [1.165, 1.54) is 22.1 Å². The smallest absolute Gasteiger partial charge is 0.275 e. The molecule has 7 nitrogen and oxygen atoms in total. The van der Waals surface area contributed by atoms with Crippen LogP contribution in [-0.4, -0.2) is 35.3 Å². The van der Waals surface area contributed by atoms with Gasteiger partial charge in [0, 0.05) is 13.3 Å². The van der Waals surface area contributed by atoms with Crippen LogP contribution >= 0.6 is 11.3 Å². The molecule has 23 heavy (non-hydrogen) atoms. The number of benzene rings is 1. The first-order valence-electron chi connectivity index (χ1n) is 6.66. The predicted molar refractivity (Wildman–Crippen MR) is 88.6 cm³/mol. The zero-order valence-corrected chi connectivity index (χ0v) is 14.3. The number of anilines is 1. The van der Waals surface area contributed by atoms with E-state index in [4.69, 9.17) is 0 Å². The largest absolute Gasteiger partial charge is 0.296 e. The van der Waals surface area contributed by atoms with E-state index in [1.54, 1.807) is 32.3 Å². The lowest BCUT2D eigenvalue weighted by molar-refractivity contribution is 0.101. The van der Waals surface area contributed by atoms with Crippen molar-refractivity contribution >= 4 is 42.4 Å². The van der Waals surface area contributed by atoms with Crippen LogP contribution < -0.4 is 5.32 Å². The summed E-state index contributed by atoms with van der Waals surface area (Å²) in [7, 11) is -1.58. The van der Waals surface area contributed by atoms with Crippen LogP contribution in [0.4, 0.5) is 5.13 Å². The van der Waals surface area contributed by atoms with Crippen LogP contribution in [0.2, 0.25) is 0 Å². The maximum absolute atomic E-state index is 12.3. The zero-order chi connectivity index (χ0) is 16.8. The van der Waals surface area contributed by atoms with Crippen molar-refractivity contribution in [2.24, 2.45) is 7.05 Å². The Labute approximate surface area is 136 Å². The second-order valence-corrected chi connectivity index (χ2v) is 8.22. The summed E-state index contributed by atoms with van der Waals surface area (Å²) >= 11 is 1.23. The summed E-state index contributed by atoms with van der Waals surface area (Å²) in [5.41, 5.74) is 1.87. The fraction of sp³-hybridized carbons (Fsp3) is 0.214. The maximum atomic E-state index is 12.3. The van der Waals surface area contributed by atoms with E-state index in [0.29, 0.717) is 21.0 Å². The molecule has 9 heteroatoms. The minimum Gasteiger partial charge on any atom is -0.296 e. The van der Waals surface area contributed by atoms with Gasteiger partial charge in [0.2, 0.25) is 0 Å². The lowest BCUT2D eigenvalue weighted by Gasteiger charge is -2.02. The number of carbonyl (C=O) groups is 1. The molecule has 2 heterocycles. The number of hydrogen-bond acceptors (Lipinski definition) is 6. The summed E-state index contributed by atoms with van der Waals surface area (Å²) in [6.45, 7) is 1.80. The highest BCUT2D eigenvalue weighted by Gasteiger charge is 2.17. The van der Waals surface area contributed by atoms with Crippen LogP contribution in [0.15, 0.2) is 29.3 Å². The topological polar surface area (TPSA) is 93.9 Å². The summed E-state index contributed by atoms with van der Waals surface area (Å²) in [5, 5.41) is 7.18. The van der Waals surface area contributed by atoms with Crippen LogP contribution in [0.1, 0.15) is 16.1 Å². The minimum absolute atomic E-state index is 0.231. The lowest BCUT2D eigenvalue weighted by Crippen LogP contribution is -2.17. The van der Waals surface area contributed by atoms with Crippen LogP contribution in [0.5, 0.6) is 0 Å². The van der Waals surface area contributed by atoms with Crippen LogP contribution in [0.3, 0.4) is 0 Å². The standard InChI is InChI=1S/C14H14N4O3S2/c1-8-7-15-18(2)12(8)13(19)17-14-16-10-5-4-9(23(3,20)21)6-11(10)22-14/h4-7H,1-3H3,(H,16,17,19). The summed E-state index contributed by atoms with van der Waals surface area (Å²) in [4.78, 5) is 16.9. The van der Waals surface area contributed by atoms with Crippen molar-refractivity contribution < 1.29 is 13.2 Å². The number of hydrogen-bond donors (Lipinski definition) is 1. The van der Waals surface area contributed by atoms with Crippen molar-refractivity contribution in [2.75, 3.05) is 11.6 Å². The third kappa shape index (κ3) is 2.97. The van der Waals surface area contributed by atoms with Gasteiger partial charge in [-0.3, -0.25) is 14.8 Å². The third-order valence-electron chi connectivity index (χ3n) is 3.35. The highest BCUT2D eigenvalue weighted by atomic mass is 32.2. The third-order valence-corrected chi connectivity index (χ3v) is 5.39. The zero-order valence-electron chi connectivity index (χ0n) is 12.7. The second-order valence-electron chi connectivity index (χ2n) is 5.17. The SMILES string of the molecule is Cc1cnn(C)c1C(=O)Nc1nc2ccc(S(C)(=O)=O)cc2s1. The molecule has 3 aromatic rings. The van der Waals surface area contributed by atoms with Gasteiger partial charge in [0.15, 0.2) is 15.0 Å². The number of aryl methyl sites for hydroxylation is 2. The first kappa shape index (κ1) is 15.6. The highest BCUT2D eigenvalue weighted by molar-refractivity contribution is 7.90. The Bertz CT molecular complexity index is 998. The molecule has 0 fully saturated rings. The predicted octanol–water partition coefficient (Wildman–Crippen LogP) is 1.99.